The highest BCUT2D eigenvalue weighted by Gasteiger charge is 2.35. The van der Waals surface area contributed by atoms with E-state index in [0.29, 0.717) is 46.4 Å². The summed E-state index contributed by atoms with van der Waals surface area (Å²) in [6, 6.07) is 8.95. The van der Waals surface area contributed by atoms with Gasteiger partial charge >= 0.3 is 6.18 Å². The van der Waals surface area contributed by atoms with Gasteiger partial charge in [-0.2, -0.15) is 18.3 Å². The Bertz CT molecular complexity index is 1670. The smallest absolute Gasteiger partial charge is 0.434 e. The number of aryl methyl sites for hydroxylation is 1. The van der Waals surface area contributed by atoms with E-state index in [1.165, 1.54) is 10.9 Å². The Morgan fingerprint density at radius 1 is 1.00 bits per heavy atom. The molecule has 6 rings (SSSR count). The third-order valence-corrected chi connectivity index (χ3v) is 6.76. The van der Waals surface area contributed by atoms with E-state index in [-0.39, 0.29) is 5.82 Å². The topological polar surface area (TPSA) is 92.8 Å². The van der Waals surface area contributed by atoms with Gasteiger partial charge in [-0.05, 0) is 18.4 Å². The molecule has 1 aliphatic rings. The molecule has 39 heavy (non-hydrogen) atoms. The van der Waals surface area contributed by atoms with Gasteiger partial charge in [-0.3, -0.25) is 9.67 Å². The van der Waals surface area contributed by atoms with Crippen LogP contribution in [0.2, 0.25) is 0 Å². The monoisotopic (exact) mass is 535 g/mol. The summed E-state index contributed by atoms with van der Waals surface area (Å²) in [4.78, 5) is 17.3. The fourth-order valence-electron chi connectivity index (χ4n) is 4.75. The summed E-state index contributed by atoms with van der Waals surface area (Å²) >= 11 is 0. The Morgan fingerprint density at radius 2 is 1.77 bits per heavy atom. The number of fused-ring (bicyclic) bond motifs is 1. The second kappa shape index (κ2) is 9.37. The van der Waals surface area contributed by atoms with Crippen molar-refractivity contribution in [2.24, 2.45) is 7.05 Å². The van der Waals surface area contributed by atoms with Crippen molar-refractivity contribution in [1.82, 2.24) is 34.3 Å². The van der Waals surface area contributed by atoms with Crippen molar-refractivity contribution in [2.45, 2.75) is 31.5 Å². The van der Waals surface area contributed by atoms with Crippen LogP contribution in [0.4, 0.5) is 13.2 Å². The summed E-state index contributed by atoms with van der Waals surface area (Å²) < 4.78 is 53.8. The van der Waals surface area contributed by atoms with Gasteiger partial charge in [-0.15, -0.1) is 0 Å². The highest BCUT2D eigenvalue weighted by molar-refractivity contribution is 5.95. The maximum Gasteiger partial charge on any atom is 0.434 e. The van der Waals surface area contributed by atoms with Gasteiger partial charge in [0, 0.05) is 37.0 Å². The van der Waals surface area contributed by atoms with Gasteiger partial charge in [0.15, 0.2) is 5.69 Å². The molecular formula is C27H24F3N7O2. The van der Waals surface area contributed by atoms with Crippen molar-refractivity contribution >= 4 is 11.0 Å². The first kappa shape index (κ1) is 24.8. The van der Waals surface area contributed by atoms with Crippen LogP contribution in [-0.2, 0) is 19.8 Å². The number of ether oxygens (including phenoxy) is 2. The van der Waals surface area contributed by atoms with Crippen LogP contribution in [0.1, 0.15) is 35.7 Å². The number of alkyl halides is 3. The molecule has 200 valence electrons. The molecule has 0 radical (unpaired) electrons. The van der Waals surface area contributed by atoms with Gasteiger partial charge in [-0.1, -0.05) is 24.3 Å². The summed E-state index contributed by atoms with van der Waals surface area (Å²) in [7, 11) is 4.70. The van der Waals surface area contributed by atoms with Gasteiger partial charge in [0.2, 0.25) is 5.88 Å². The number of hydrogen-bond donors (Lipinski definition) is 0. The number of rotatable bonds is 7. The summed E-state index contributed by atoms with van der Waals surface area (Å²) in [6.45, 7) is 0.363. The third-order valence-electron chi connectivity index (χ3n) is 6.76. The lowest BCUT2D eigenvalue weighted by Crippen LogP contribution is -2.05. The maximum absolute atomic E-state index is 13.1. The minimum Gasteiger partial charge on any atom is -0.494 e. The number of pyridine rings is 1. The molecule has 1 saturated carbocycles. The molecule has 0 bridgehead atoms. The number of aromatic nitrogens is 7. The molecule has 5 aromatic rings. The van der Waals surface area contributed by atoms with Gasteiger partial charge in [-0.25, -0.2) is 15.0 Å². The Balaban J connectivity index is 1.41. The first-order valence-corrected chi connectivity index (χ1v) is 12.3. The molecule has 0 saturated heterocycles. The average Bonchev–Trinajstić information content (AvgIpc) is 3.61. The predicted octanol–water partition coefficient (Wildman–Crippen LogP) is 5.25. The van der Waals surface area contributed by atoms with Crippen LogP contribution in [0, 0.1) is 0 Å². The van der Waals surface area contributed by atoms with Crippen LogP contribution < -0.4 is 9.47 Å². The first-order valence-electron chi connectivity index (χ1n) is 12.3. The Kier molecular flexibility index (Phi) is 5.96. The normalized spacial score (nSPS) is 13.7. The molecule has 12 heteroatoms. The molecule has 0 spiro atoms. The Labute approximate surface area is 221 Å². The van der Waals surface area contributed by atoms with Crippen LogP contribution in [-0.4, -0.2) is 48.5 Å². The Hall–Kier alpha value is -4.48. The van der Waals surface area contributed by atoms with Crippen LogP contribution in [0.5, 0.6) is 11.6 Å². The molecule has 0 unspecified atom stereocenters. The zero-order valence-electron chi connectivity index (χ0n) is 21.4. The highest BCUT2D eigenvalue weighted by Crippen LogP contribution is 2.46. The number of benzene rings is 1. The minimum atomic E-state index is -4.51. The van der Waals surface area contributed by atoms with Crippen molar-refractivity contribution in [1.29, 1.82) is 0 Å². The van der Waals surface area contributed by atoms with Crippen LogP contribution in [0.15, 0.2) is 49.1 Å². The van der Waals surface area contributed by atoms with Gasteiger partial charge in [0.25, 0.3) is 0 Å². The van der Waals surface area contributed by atoms with Crippen molar-refractivity contribution in [3.8, 4) is 34.3 Å². The second-order valence-electron chi connectivity index (χ2n) is 9.39. The summed E-state index contributed by atoms with van der Waals surface area (Å²) in [5.41, 5.74) is 4.07. The molecule has 0 amide bonds. The maximum atomic E-state index is 13.1. The zero-order valence-corrected chi connectivity index (χ0v) is 21.4. The molecule has 0 aliphatic heterocycles. The molecule has 1 aliphatic carbocycles. The van der Waals surface area contributed by atoms with Crippen molar-refractivity contribution in [2.75, 3.05) is 14.2 Å². The van der Waals surface area contributed by atoms with E-state index in [0.717, 1.165) is 35.9 Å². The summed E-state index contributed by atoms with van der Waals surface area (Å²) in [6.07, 6.45) is 1.72. The van der Waals surface area contributed by atoms with E-state index in [9.17, 15) is 13.2 Å². The summed E-state index contributed by atoms with van der Waals surface area (Å²) in [5.74, 6) is 1.59. The molecule has 4 heterocycles. The molecular weight excluding hydrogens is 511 g/mol. The van der Waals surface area contributed by atoms with Gasteiger partial charge in [0.05, 0.1) is 32.0 Å². The van der Waals surface area contributed by atoms with Crippen LogP contribution in [0.25, 0.3) is 33.7 Å². The summed E-state index contributed by atoms with van der Waals surface area (Å²) in [5, 5.41) is 4.94. The van der Waals surface area contributed by atoms with Crippen molar-refractivity contribution in [3.63, 3.8) is 0 Å². The fraction of sp³-hybridized carbons (Fsp3) is 0.296. The molecule has 4 aromatic heterocycles. The van der Waals surface area contributed by atoms with Crippen molar-refractivity contribution < 1.29 is 22.6 Å². The van der Waals surface area contributed by atoms with E-state index in [1.807, 2.05) is 12.1 Å². The van der Waals surface area contributed by atoms with Gasteiger partial charge < -0.3 is 14.0 Å². The highest BCUT2D eigenvalue weighted by atomic mass is 19.4. The van der Waals surface area contributed by atoms with E-state index in [1.54, 1.807) is 50.3 Å². The molecule has 0 atom stereocenters. The van der Waals surface area contributed by atoms with Crippen molar-refractivity contribution in [3.05, 3.63) is 66.0 Å². The minimum absolute atomic E-state index is 0.232. The van der Waals surface area contributed by atoms with E-state index < -0.39 is 11.9 Å². The quantitative estimate of drug-likeness (QED) is 0.281. The lowest BCUT2D eigenvalue weighted by Gasteiger charge is -2.09. The number of halogens is 3. The SMILES string of the molecule is COc1ncnc(C2CC2)c1-c1nn(Cc2ccc(-c3nc(C(F)(F)F)cn3C)cc2)c2c(OC)ccnc12. The van der Waals surface area contributed by atoms with Crippen LogP contribution in [0.3, 0.4) is 0 Å². The standard InChI is InChI=1S/C27H24F3N7O2/c1-36-13-19(27(28,29)30)34-25(36)17-6-4-15(5-7-17)12-37-24-18(38-2)10-11-31-23(24)22(35-37)20-21(16-8-9-16)32-14-33-26(20)39-3/h4-7,10-11,13-14,16H,8-9,12H2,1-3H3. The molecule has 1 aromatic carbocycles. The fourth-order valence-corrected chi connectivity index (χ4v) is 4.75. The molecule has 9 nitrogen and oxygen atoms in total. The van der Waals surface area contributed by atoms with E-state index in [4.69, 9.17) is 14.6 Å². The average molecular weight is 536 g/mol. The van der Waals surface area contributed by atoms with Crippen LogP contribution >= 0.6 is 0 Å². The molecule has 0 N–H and O–H groups in total. The largest absolute Gasteiger partial charge is 0.494 e. The zero-order chi connectivity index (χ0) is 27.3. The number of nitrogens with zero attached hydrogens (tertiary/aromatic N) is 7. The van der Waals surface area contributed by atoms with E-state index in [2.05, 4.69) is 19.9 Å². The number of imidazole rings is 1. The lowest BCUT2D eigenvalue weighted by molar-refractivity contribution is -0.140. The number of hydrogen-bond acceptors (Lipinski definition) is 7. The lowest BCUT2D eigenvalue weighted by atomic mass is 10.1. The Morgan fingerprint density at radius 3 is 2.41 bits per heavy atom. The molecule has 1 fully saturated rings. The van der Waals surface area contributed by atoms with E-state index >= 15 is 0 Å². The van der Waals surface area contributed by atoms with Gasteiger partial charge in [0.1, 0.15) is 34.6 Å². The second-order valence-corrected chi connectivity index (χ2v) is 9.39. The first-order chi connectivity index (χ1) is 18.8. The number of methoxy groups -OCH3 is 2. The third kappa shape index (κ3) is 4.45. The predicted molar refractivity (Wildman–Crippen MR) is 136 cm³/mol.